The Kier molecular flexibility index (Phi) is 3.34. The van der Waals surface area contributed by atoms with E-state index in [4.69, 9.17) is 11.6 Å². The van der Waals surface area contributed by atoms with Gasteiger partial charge in [0.1, 0.15) is 0 Å². The molecule has 1 nitrogen and oxygen atoms in total. The van der Waals surface area contributed by atoms with E-state index in [0.717, 1.165) is 5.02 Å². The molecule has 1 unspecified atom stereocenters. The molecule has 16 heavy (non-hydrogen) atoms. The molecule has 1 N–H and O–H groups in total. The summed E-state index contributed by atoms with van der Waals surface area (Å²) in [5.74, 6) is 0. The van der Waals surface area contributed by atoms with Crippen molar-refractivity contribution in [2.75, 3.05) is 0 Å². The van der Waals surface area contributed by atoms with Gasteiger partial charge in [-0.3, -0.25) is 5.32 Å². The second-order valence-corrected chi connectivity index (χ2v) is 6.41. The molecular weight excluding hydrogens is 238 g/mol. The summed E-state index contributed by atoms with van der Waals surface area (Å²) in [6, 6.07) is 7.96. The molecule has 1 aliphatic rings. The third kappa shape index (κ3) is 2.62. The smallest absolute Gasteiger partial charge is 0.0555 e. The minimum absolute atomic E-state index is 0.0731. The van der Waals surface area contributed by atoms with E-state index in [9.17, 15) is 0 Å². The maximum absolute atomic E-state index is 5.87. The summed E-state index contributed by atoms with van der Waals surface area (Å²) in [6.45, 7) is 6.62. The predicted octanol–water partition coefficient (Wildman–Crippen LogP) is 4.14. The van der Waals surface area contributed by atoms with E-state index in [2.05, 4.69) is 44.3 Å². The Bertz CT molecular complexity index is 408. The van der Waals surface area contributed by atoms with Crippen molar-refractivity contribution in [3.63, 3.8) is 0 Å². The monoisotopic (exact) mass is 253 g/mol. The fourth-order valence-corrected chi connectivity index (χ4v) is 3.29. The maximum atomic E-state index is 5.87. The molecule has 0 amide bonds. The van der Waals surface area contributed by atoms with Gasteiger partial charge in [-0.1, -0.05) is 23.7 Å². The molecule has 0 aromatic heterocycles. The lowest BCUT2D eigenvalue weighted by atomic mass is 10.0. The Balaban J connectivity index is 2.27. The zero-order valence-electron chi connectivity index (χ0n) is 9.75. The van der Waals surface area contributed by atoms with E-state index in [-0.39, 0.29) is 5.54 Å². The van der Waals surface area contributed by atoms with Crippen LogP contribution in [0.15, 0.2) is 29.2 Å². The molecule has 1 aromatic rings. The quantitative estimate of drug-likeness (QED) is 0.807. The molecule has 3 heteroatoms. The summed E-state index contributed by atoms with van der Waals surface area (Å²) in [7, 11) is 0. The third-order valence-electron chi connectivity index (χ3n) is 2.65. The molecule has 1 heterocycles. The molecule has 0 aliphatic carbocycles. The van der Waals surface area contributed by atoms with Crippen molar-refractivity contribution in [3.8, 4) is 0 Å². The van der Waals surface area contributed by atoms with E-state index >= 15 is 0 Å². The molecule has 86 valence electrons. The van der Waals surface area contributed by atoms with E-state index in [1.807, 2.05) is 23.9 Å². The van der Waals surface area contributed by atoms with Gasteiger partial charge in [0.15, 0.2) is 0 Å². The fraction of sp³-hybridized carbons (Fsp3) is 0.385. The van der Waals surface area contributed by atoms with Crippen LogP contribution in [-0.4, -0.2) is 10.9 Å². The van der Waals surface area contributed by atoms with E-state index in [1.165, 1.54) is 10.5 Å². The highest BCUT2D eigenvalue weighted by atomic mass is 35.5. The van der Waals surface area contributed by atoms with Gasteiger partial charge in [0.25, 0.3) is 0 Å². The lowest BCUT2D eigenvalue weighted by molar-refractivity contribution is 0.489. The molecule has 1 aliphatic heterocycles. The van der Waals surface area contributed by atoms with E-state index in [0.29, 0.717) is 5.37 Å². The van der Waals surface area contributed by atoms with E-state index < -0.39 is 0 Å². The zero-order chi connectivity index (χ0) is 11.8. The summed E-state index contributed by atoms with van der Waals surface area (Å²) in [6.07, 6.45) is 2.23. The number of rotatable bonds is 1. The molecule has 2 rings (SSSR count). The van der Waals surface area contributed by atoms with Gasteiger partial charge in [0.2, 0.25) is 0 Å². The lowest BCUT2D eigenvalue weighted by Gasteiger charge is -2.19. The predicted molar refractivity (Wildman–Crippen MR) is 73.7 cm³/mol. The molecule has 0 radical (unpaired) electrons. The first-order valence-corrected chi connectivity index (χ1v) is 6.65. The van der Waals surface area contributed by atoms with Crippen molar-refractivity contribution in [1.29, 1.82) is 0 Å². The minimum atomic E-state index is 0.0731. The SMILES string of the molecule is CC1NC(C)(C)C(=Cc2ccc(Cl)cc2)S1. The van der Waals surface area contributed by atoms with Crippen LogP contribution in [0, 0.1) is 0 Å². The Morgan fingerprint density at radius 3 is 2.44 bits per heavy atom. The van der Waals surface area contributed by atoms with E-state index in [1.54, 1.807) is 0 Å². The van der Waals surface area contributed by atoms with Crippen molar-refractivity contribution in [1.82, 2.24) is 5.32 Å². The van der Waals surface area contributed by atoms with Gasteiger partial charge in [0, 0.05) is 15.5 Å². The van der Waals surface area contributed by atoms with Gasteiger partial charge >= 0.3 is 0 Å². The second kappa shape index (κ2) is 4.44. The van der Waals surface area contributed by atoms with Gasteiger partial charge in [-0.2, -0.15) is 0 Å². The van der Waals surface area contributed by atoms with Crippen LogP contribution in [0.5, 0.6) is 0 Å². The molecule has 0 spiro atoms. The normalized spacial score (nSPS) is 26.2. The molecule has 1 aromatic carbocycles. The first kappa shape index (κ1) is 12.0. The number of benzene rings is 1. The second-order valence-electron chi connectivity index (χ2n) is 4.59. The number of hydrogen-bond donors (Lipinski definition) is 1. The summed E-state index contributed by atoms with van der Waals surface area (Å²) in [5, 5.41) is 4.81. The molecular formula is C13H16ClNS. The van der Waals surface area contributed by atoms with Gasteiger partial charge in [-0.05, 0) is 44.5 Å². The van der Waals surface area contributed by atoms with Gasteiger partial charge < -0.3 is 0 Å². The Morgan fingerprint density at radius 1 is 1.31 bits per heavy atom. The highest BCUT2D eigenvalue weighted by Crippen LogP contribution is 2.39. The van der Waals surface area contributed by atoms with Gasteiger partial charge in [0.05, 0.1) is 5.37 Å². The first-order valence-electron chi connectivity index (χ1n) is 5.39. The van der Waals surface area contributed by atoms with Crippen molar-refractivity contribution in [2.45, 2.75) is 31.7 Å². The number of nitrogens with one attached hydrogen (secondary N) is 1. The van der Waals surface area contributed by atoms with Crippen molar-refractivity contribution in [2.24, 2.45) is 0 Å². The van der Waals surface area contributed by atoms with Crippen LogP contribution < -0.4 is 5.32 Å². The summed E-state index contributed by atoms with van der Waals surface area (Å²) in [4.78, 5) is 1.38. The average Bonchev–Trinajstić information content (AvgIpc) is 2.43. The van der Waals surface area contributed by atoms with Gasteiger partial charge in [-0.15, -0.1) is 11.8 Å². The van der Waals surface area contributed by atoms with Crippen molar-refractivity contribution < 1.29 is 0 Å². The average molecular weight is 254 g/mol. The standard InChI is InChI=1S/C13H16ClNS/c1-9-15-13(2,3)12(16-9)8-10-4-6-11(14)7-5-10/h4-9,15H,1-3H3. The topological polar surface area (TPSA) is 12.0 Å². The van der Waals surface area contributed by atoms with Crippen LogP contribution in [0.2, 0.25) is 5.02 Å². The largest absolute Gasteiger partial charge is 0.296 e. The highest BCUT2D eigenvalue weighted by Gasteiger charge is 2.33. The number of thioether (sulfide) groups is 1. The molecule has 0 saturated carbocycles. The Hall–Kier alpha value is -0.440. The van der Waals surface area contributed by atoms with Crippen molar-refractivity contribution in [3.05, 3.63) is 39.8 Å². The lowest BCUT2D eigenvalue weighted by Crippen LogP contribution is -2.36. The van der Waals surface area contributed by atoms with Gasteiger partial charge in [-0.25, -0.2) is 0 Å². The molecule has 0 bridgehead atoms. The summed E-state index contributed by atoms with van der Waals surface area (Å²) < 4.78 is 0. The van der Waals surface area contributed by atoms with Crippen LogP contribution in [0.3, 0.4) is 0 Å². The minimum Gasteiger partial charge on any atom is -0.296 e. The summed E-state index contributed by atoms with van der Waals surface area (Å²) >= 11 is 7.76. The first-order chi connectivity index (χ1) is 7.47. The van der Waals surface area contributed by atoms with Crippen LogP contribution >= 0.6 is 23.4 Å². The molecule has 1 atom stereocenters. The Labute approximate surface area is 106 Å². The molecule has 1 fully saturated rings. The highest BCUT2D eigenvalue weighted by molar-refractivity contribution is 8.04. The van der Waals surface area contributed by atoms with Crippen LogP contribution in [0.25, 0.3) is 6.08 Å². The van der Waals surface area contributed by atoms with Crippen LogP contribution in [0.1, 0.15) is 26.3 Å². The van der Waals surface area contributed by atoms with Crippen LogP contribution in [-0.2, 0) is 0 Å². The maximum Gasteiger partial charge on any atom is 0.0555 e. The number of hydrogen-bond acceptors (Lipinski definition) is 2. The third-order valence-corrected chi connectivity index (χ3v) is 4.26. The summed E-state index contributed by atoms with van der Waals surface area (Å²) in [5.41, 5.74) is 1.28. The molecule has 1 saturated heterocycles. The van der Waals surface area contributed by atoms with Crippen LogP contribution in [0.4, 0.5) is 0 Å². The fourth-order valence-electron chi connectivity index (χ4n) is 1.87. The zero-order valence-corrected chi connectivity index (χ0v) is 11.3. The van der Waals surface area contributed by atoms with Crippen molar-refractivity contribution >= 4 is 29.4 Å². The Morgan fingerprint density at radius 2 is 1.94 bits per heavy atom. The number of halogens is 1.